The predicted molar refractivity (Wildman–Crippen MR) is 260 cm³/mol. The van der Waals surface area contributed by atoms with Gasteiger partial charge in [-0.15, -0.1) is 11.5 Å². The van der Waals surface area contributed by atoms with Crippen molar-refractivity contribution in [1.82, 2.24) is 25.6 Å². The topological polar surface area (TPSA) is 654 Å². The summed E-state index contributed by atoms with van der Waals surface area (Å²) in [4.78, 5) is 53.7. The van der Waals surface area contributed by atoms with Crippen molar-refractivity contribution >= 4 is 23.8 Å². The molecule has 0 aliphatic carbocycles. The van der Waals surface area contributed by atoms with Gasteiger partial charge in [0.2, 0.25) is 23.4 Å². The van der Waals surface area contributed by atoms with Gasteiger partial charge in [0.05, 0.1) is 70.1 Å². The second-order valence-corrected chi connectivity index (χ2v) is 20.5. The average Bonchev–Trinajstić information content (AvgIpc) is 3.75. The minimum absolute atomic E-state index is 0. The van der Waals surface area contributed by atoms with Crippen LogP contribution in [0.4, 0.5) is 0 Å². The Morgan fingerprint density at radius 3 is 1.64 bits per heavy atom. The van der Waals surface area contributed by atoms with Crippen LogP contribution in [0.5, 0.6) is 0 Å². The Morgan fingerprint density at radius 1 is 0.708 bits per heavy atom. The molecule has 0 unspecified atom stereocenters. The molecule has 0 bridgehead atoms. The number of hydrogen-bond donors (Lipinski definition) is 19. The first-order valence-corrected chi connectivity index (χ1v) is 26.3. The van der Waals surface area contributed by atoms with E-state index < -0.39 is 261 Å². The third-order valence-electron chi connectivity index (χ3n) is 14.6. The summed E-state index contributed by atoms with van der Waals surface area (Å²) in [5, 5.41) is 221. The molecule has 43 heteroatoms. The van der Waals surface area contributed by atoms with Crippen LogP contribution in [0.25, 0.3) is 10.4 Å². The molecule has 5 aliphatic heterocycles. The Kier molecular flexibility index (Phi) is 30.6. The number of azide groups is 1. The number of hydrogen-bond acceptors (Lipinski definition) is 36. The summed E-state index contributed by atoms with van der Waals surface area (Å²) in [7, 11) is 0. The fourth-order valence-electron chi connectivity index (χ4n) is 9.86. The van der Waals surface area contributed by atoms with Gasteiger partial charge in [-0.25, -0.2) is 4.68 Å². The zero-order valence-corrected chi connectivity index (χ0v) is 51.2. The number of nitrogens with zero attached hydrogens (tertiary/aromatic N) is 6. The minimum Gasteiger partial charge on any atom is -0.544 e. The fraction of sp³-hybridized carbons (Fsp3) is 0.826. The van der Waals surface area contributed by atoms with Gasteiger partial charge in [0.15, 0.2) is 18.9 Å². The van der Waals surface area contributed by atoms with Crippen LogP contribution < -0.4 is 80.0 Å². The van der Waals surface area contributed by atoms with Gasteiger partial charge < -0.3 is 165 Å². The van der Waals surface area contributed by atoms with Gasteiger partial charge in [-0.1, -0.05) is 16.2 Å². The van der Waals surface area contributed by atoms with Crippen LogP contribution in [0.1, 0.15) is 18.5 Å². The maximum Gasteiger partial charge on any atom is 1.00 e. The van der Waals surface area contributed by atoms with Crippen LogP contribution in [-0.4, -0.2) is 336 Å². The summed E-state index contributed by atoms with van der Waals surface area (Å²) in [6.07, 6.45) is -42.5. The molecule has 0 saturated carbocycles. The molecule has 41 nitrogen and oxygen atoms in total. The van der Waals surface area contributed by atoms with Crippen molar-refractivity contribution in [1.29, 1.82) is 0 Å². The van der Waals surface area contributed by atoms with Gasteiger partial charge in [0, 0.05) is 17.8 Å². The molecular formula is C46H68N8Na2O33. The number of carboxylic acid groups (broad SMARTS) is 2. The Bertz CT molecular complexity index is 2550. The number of carbonyl (C=O) groups excluding carboxylic acids is 4. The number of aliphatic hydroxyl groups is 17. The summed E-state index contributed by atoms with van der Waals surface area (Å²) in [5.74, 6) is -10.8. The van der Waals surface area contributed by atoms with Gasteiger partial charge in [-0.05, 0) is 5.53 Å². The van der Waals surface area contributed by atoms with Crippen molar-refractivity contribution in [2.45, 2.75) is 191 Å². The third-order valence-corrected chi connectivity index (χ3v) is 14.6. The van der Waals surface area contributed by atoms with Crippen LogP contribution in [0, 0.1) is 12.3 Å². The van der Waals surface area contributed by atoms with Crippen molar-refractivity contribution in [3.05, 3.63) is 22.3 Å². The van der Waals surface area contributed by atoms with Gasteiger partial charge in [-0.3, -0.25) is 9.59 Å². The van der Waals surface area contributed by atoms with Crippen LogP contribution in [0.2, 0.25) is 0 Å². The van der Waals surface area contributed by atoms with Crippen molar-refractivity contribution < 1.29 is 223 Å². The molecule has 6 rings (SSSR count). The molecule has 1 aromatic heterocycles. The number of carboxylic acids is 2. The molecule has 5 fully saturated rings. The minimum atomic E-state index is -3.19. The van der Waals surface area contributed by atoms with E-state index in [1.807, 2.05) is 0 Å². The molecule has 89 heavy (non-hydrogen) atoms. The monoisotopic (exact) mass is 1310 g/mol. The molecule has 0 radical (unpaired) electrons. The molecule has 6 heterocycles. The number of aromatic nitrogens is 3. The average molecular weight is 1310 g/mol. The summed E-state index contributed by atoms with van der Waals surface area (Å²) < 4.78 is 55.7. The second kappa shape index (κ2) is 34.8. The van der Waals surface area contributed by atoms with Crippen LogP contribution in [-0.2, 0) is 79.7 Å². The van der Waals surface area contributed by atoms with E-state index in [4.69, 9.17) is 59.3 Å². The number of ether oxygens (including phenoxy) is 10. The Hall–Kier alpha value is -3.19. The van der Waals surface area contributed by atoms with E-state index in [9.17, 15) is 116 Å². The summed E-state index contributed by atoms with van der Waals surface area (Å²) >= 11 is 0. The van der Waals surface area contributed by atoms with Crippen molar-refractivity contribution in [2.24, 2.45) is 5.11 Å². The Morgan fingerprint density at radius 2 is 1.17 bits per heavy atom. The van der Waals surface area contributed by atoms with E-state index in [1.54, 1.807) is 0 Å². The smallest absolute Gasteiger partial charge is 0.544 e. The van der Waals surface area contributed by atoms with E-state index in [-0.39, 0.29) is 64.8 Å². The van der Waals surface area contributed by atoms with Gasteiger partial charge >= 0.3 is 59.1 Å². The van der Waals surface area contributed by atoms with Gasteiger partial charge in [-0.2, -0.15) is 0 Å². The molecule has 27 atom stereocenters. The molecule has 0 spiro atoms. The van der Waals surface area contributed by atoms with E-state index >= 15 is 0 Å². The number of carbonyl (C=O) groups is 4. The van der Waals surface area contributed by atoms with E-state index in [0.29, 0.717) is 0 Å². The van der Waals surface area contributed by atoms with Crippen molar-refractivity contribution in [2.75, 3.05) is 46.2 Å². The molecule has 492 valence electrons. The van der Waals surface area contributed by atoms with Crippen molar-refractivity contribution in [3.63, 3.8) is 0 Å². The zero-order valence-electron chi connectivity index (χ0n) is 47.2. The molecule has 5 saturated heterocycles. The molecular weight excluding hydrogens is 1240 g/mol. The normalized spacial score (nSPS) is 38.6. The molecule has 5 aliphatic rings. The number of terminal acetylenes is 1. The third kappa shape index (κ3) is 18.6. The summed E-state index contributed by atoms with van der Waals surface area (Å²) in [5.41, 5.74) is 8.40. The van der Waals surface area contributed by atoms with E-state index in [1.165, 1.54) is 0 Å². The number of nitrogens with one attached hydrogen (secondary N) is 2. The van der Waals surface area contributed by atoms with Crippen LogP contribution in [0.3, 0.4) is 0 Å². The summed E-state index contributed by atoms with van der Waals surface area (Å²) in [6.45, 7) is -8.24. The maximum absolute atomic E-state index is 13.5. The first-order valence-electron chi connectivity index (χ1n) is 26.3. The van der Waals surface area contributed by atoms with Crippen LogP contribution >= 0.6 is 0 Å². The number of rotatable bonds is 28. The summed E-state index contributed by atoms with van der Waals surface area (Å²) in [6, 6.07) is -3.63. The first-order chi connectivity index (χ1) is 41.1. The number of aliphatic hydroxyl groups excluding tert-OH is 17. The Labute approximate surface area is 545 Å². The second-order valence-electron chi connectivity index (χ2n) is 20.5. The van der Waals surface area contributed by atoms with E-state index in [2.05, 4.69) is 36.9 Å². The molecule has 0 aromatic carbocycles. The quantitative estimate of drug-likeness (QED) is 0.0122. The fourth-order valence-corrected chi connectivity index (χ4v) is 9.86. The molecule has 1 aromatic rings. The first kappa shape index (κ1) is 78.3. The van der Waals surface area contributed by atoms with Gasteiger partial charge in [0.1, 0.15) is 147 Å². The number of aliphatic carboxylic acids is 2. The van der Waals surface area contributed by atoms with Crippen molar-refractivity contribution in [3.8, 4) is 12.3 Å². The molecule has 2 amide bonds. The zero-order chi connectivity index (χ0) is 64.4. The SMILES string of the molecule is C#CCO[C@@H]1O[C@H](CO)[C@@H](O[C@@H]2O[C@H](CO[C@]3(C(=O)[O-])C[C@H](O)[C@@H](NC(=O)Cn4cc(CO[C@@H]5O[C@H](CO[C@]6(C(=O)[O-])C[C@H](O)[C@@H](NC(=O)CN=[N+]=[N-])[C@H]([C@H](O)[C@H](O)CO)O6)[C@H](O)[C@H](O)[C@H]5O)nn4)[C@H]([C@H](O)[C@H](O)CO)O3)[C@H](O)[C@H](O)[C@H]2O)[C@H](O)[C@H]1O.[Na+].[Na+]. The molecule has 19 N–H and O–H groups in total. The van der Waals surface area contributed by atoms with Crippen LogP contribution in [0.15, 0.2) is 11.3 Å². The largest absolute Gasteiger partial charge is 1.00 e. The number of amides is 2. The van der Waals surface area contributed by atoms with Gasteiger partial charge in [0.25, 0.3) is 0 Å². The maximum atomic E-state index is 13.5. The predicted octanol–water partition coefficient (Wildman–Crippen LogP) is -22.2. The Balaban J connectivity index is 0.00000846. The van der Waals surface area contributed by atoms with E-state index in [0.717, 1.165) is 10.9 Å². The standard InChI is InChI=1S/C46H70N8O33.2Na/c1-2-3-78-40-36(73)33(70)37(20(11-57)82-40)85-42-35(72)32(69)30(67)22(84-42)14-81-46(44(76)77)5-17(59)26(39(87-46)28(65)19(61)10-56)50-24(63)8-54-7-15(51-53-54)12-79-41-34(71)31(68)29(66)21(83-41)13-80-45(43(74)75)4-16(58)25(49-23(62)6-48-52-47)38(86-45)27(64)18(60)9-55;;/h1,7,16-22,25-42,55-61,64-73H,3-6,8-14H2,(H,49,62)(H,50,63)(H,74,75)(H,76,77);;/q;2*+1/p-2/t16-,17-,18+,19+,20+,21+,22+,25+,26+,27+,28+,29-,30-,31-,32-,33+,34+,35+,36+,37+,38+,39+,40+,41+,42-,45+,46+;;/m0../s1.